The minimum Gasteiger partial charge on any atom is -0.279 e. The number of para-hydroxylation sites is 1. The Morgan fingerprint density at radius 1 is 1.12 bits per heavy atom. The van der Waals surface area contributed by atoms with E-state index in [-0.39, 0.29) is 5.69 Å². The lowest BCUT2D eigenvalue weighted by molar-refractivity contribution is -0.387. The van der Waals surface area contributed by atoms with Crippen LogP contribution in [0, 0.1) is 10.1 Å². The molecule has 2 aromatic carbocycles. The molecule has 10 heteroatoms. The first-order valence-electron chi connectivity index (χ1n) is 6.43. The lowest BCUT2D eigenvalue weighted by Gasteiger charge is -2.22. The lowest BCUT2D eigenvalue weighted by atomic mass is 10.3. The molecule has 0 spiro atoms. The Balaban J connectivity index is 2.62. The van der Waals surface area contributed by atoms with Gasteiger partial charge in [0, 0.05) is 11.1 Å². The summed E-state index contributed by atoms with van der Waals surface area (Å²) in [6.07, 6.45) is 0. The molecule has 0 saturated carbocycles. The zero-order valence-corrected chi connectivity index (χ0v) is 14.3. The van der Waals surface area contributed by atoms with Crippen LogP contribution in [-0.2, 0) is 14.8 Å². The first-order valence-corrected chi connectivity index (χ1v) is 8.63. The van der Waals surface area contributed by atoms with E-state index in [2.05, 4.69) is 0 Å². The summed E-state index contributed by atoms with van der Waals surface area (Å²) in [5.41, 5.74) is -0.495. The summed E-state index contributed by atoms with van der Waals surface area (Å²) in [6.45, 7) is -0.683. The maximum Gasteiger partial charge on any atom is 0.289 e. The van der Waals surface area contributed by atoms with Crippen LogP contribution < -0.4 is 4.31 Å². The third-order valence-electron chi connectivity index (χ3n) is 3.01. The minimum absolute atomic E-state index is 0.103. The van der Waals surface area contributed by atoms with Crippen molar-refractivity contribution in [1.29, 1.82) is 0 Å². The Morgan fingerprint density at radius 3 is 2.25 bits per heavy atom. The molecule has 0 saturated heterocycles. The van der Waals surface area contributed by atoms with Gasteiger partial charge in [0.2, 0.25) is 5.24 Å². The molecule has 2 rings (SSSR count). The predicted molar refractivity (Wildman–Crippen MR) is 89.9 cm³/mol. The normalized spacial score (nSPS) is 11.1. The quantitative estimate of drug-likeness (QED) is 0.429. The molecule has 0 radical (unpaired) electrons. The van der Waals surface area contributed by atoms with Gasteiger partial charge in [-0.05, 0) is 41.9 Å². The number of benzene rings is 2. The fourth-order valence-corrected chi connectivity index (χ4v) is 3.88. The summed E-state index contributed by atoms with van der Waals surface area (Å²) < 4.78 is 26.4. The van der Waals surface area contributed by atoms with Gasteiger partial charge in [0.15, 0.2) is 4.90 Å². The number of carbonyl (C=O) groups excluding carboxylic acids is 1. The molecule has 24 heavy (non-hydrogen) atoms. The Kier molecular flexibility index (Phi) is 5.43. The zero-order chi connectivity index (χ0) is 17.9. The van der Waals surface area contributed by atoms with Crippen molar-refractivity contribution in [3.8, 4) is 0 Å². The molecule has 0 heterocycles. The summed E-state index contributed by atoms with van der Waals surface area (Å²) in [5, 5.41) is 10.5. The molecule has 0 fully saturated rings. The zero-order valence-electron chi connectivity index (χ0n) is 11.9. The molecule has 0 atom stereocenters. The van der Waals surface area contributed by atoms with Crippen LogP contribution >= 0.6 is 23.2 Å². The number of nitrogens with zero attached hydrogens (tertiary/aromatic N) is 2. The molecule has 0 unspecified atom stereocenters. The number of nitro groups is 1. The molecule has 0 aliphatic heterocycles. The van der Waals surface area contributed by atoms with E-state index in [1.54, 1.807) is 0 Å². The Morgan fingerprint density at radius 2 is 1.71 bits per heavy atom. The second kappa shape index (κ2) is 7.16. The van der Waals surface area contributed by atoms with Crippen LogP contribution in [0.2, 0.25) is 5.02 Å². The van der Waals surface area contributed by atoms with Gasteiger partial charge in [0.1, 0.15) is 6.54 Å². The van der Waals surface area contributed by atoms with Gasteiger partial charge in [-0.2, -0.15) is 0 Å². The van der Waals surface area contributed by atoms with E-state index >= 15 is 0 Å². The van der Waals surface area contributed by atoms with Gasteiger partial charge in [0.25, 0.3) is 15.7 Å². The topological polar surface area (TPSA) is 97.6 Å². The lowest BCUT2D eigenvalue weighted by Crippen LogP contribution is -2.34. The molecule has 0 bridgehead atoms. The van der Waals surface area contributed by atoms with E-state index in [1.165, 1.54) is 36.4 Å². The van der Waals surface area contributed by atoms with E-state index in [1.807, 2.05) is 0 Å². The number of rotatable bonds is 6. The first-order chi connectivity index (χ1) is 11.2. The van der Waals surface area contributed by atoms with Crippen molar-refractivity contribution in [3.05, 3.63) is 63.7 Å². The molecule has 7 nitrogen and oxygen atoms in total. The van der Waals surface area contributed by atoms with E-state index in [9.17, 15) is 23.3 Å². The van der Waals surface area contributed by atoms with Crippen LogP contribution in [0.25, 0.3) is 0 Å². The Hall–Kier alpha value is -2.16. The van der Waals surface area contributed by atoms with E-state index in [0.29, 0.717) is 9.33 Å². The van der Waals surface area contributed by atoms with Gasteiger partial charge in [-0.25, -0.2) is 8.42 Å². The van der Waals surface area contributed by atoms with Crippen molar-refractivity contribution in [1.82, 2.24) is 0 Å². The molecule has 126 valence electrons. The molecule has 2 aromatic rings. The second-order valence-electron chi connectivity index (χ2n) is 4.57. The SMILES string of the molecule is O=C(Cl)CN(c1ccc(Cl)cc1)S(=O)(=O)c1ccccc1[N+](=O)[O-]. The summed E-state index contributed by atoms with van der Waals surface area (Å²) in [4.78, 5) is 21.0. The molecule has 0 N–H and O–H groups in total. The van der Waals surface area contributed by atoms with E-state index < -0.39 is 37.3 Å². The fourth-order valence-electron chi connectivity index (χ4n) is 1.98. The van der Waals surface area contributed by atoms with Gasteiger partial charge >= 0.3 is 0 Å². The van der Waals surface area contributed by atoms with Crippen molar-refractivity contribution in [2.45, 2.75) is 4.90 Å². The fraction of sp³-hybridized carbons (Fsp3) is 0.0714. The van der Waals surface area contributed by atoms with Gasteiger partial charge in [-0.3, -0.25) is 19.2 Å². The van der Waals surface area contributed by atoms with Gasteiger partial charge in [0.05, 0.1) is 10.6 Å². The van der Waals surface area contributed by atoms with Crippen LogP contribution in [-0.4, -0.2) is 25.1 Å². The Labute approximate surface area is 147 Å². The average molecular weight is 389 g/mol. The summed E-state index contributed by atoms with van der Waals surface area (Å²) in [6, 6.07) is 10.4. The van der Waals surface area contributed by atoms with Crippen molar-refractivity contribution < 1.29 is 18.1 Å². The van der Waals surface area contributed by atoms with Crippen LogP contribution in [0.4, 0.5) is 11.4 Å². The number of carbonyl (C=O) groups is 1. The monoisotopic (exact) mass is 388 g/mol. The predicted octanol–water partition coefficient (Wildman–Crippen LogP) is 3.21. The highest BCUT2D eigenvalue weighted by Crippen LogP contribution is 2.30. The number of hydrogen-bond donors (Lipinski definition) is 0. The van der Waals surface area contributed by atoms with E-state index in [0.717, 1.165) is 12.1 Å². The van der Waals surface area contributed by atoms with Gasteiger partial charge in [-0.1, -0.05) is 23.7 Å². The standard InChI is InChI=1S/C14H10Cl2N2O5S/c15-10-5-7-11(8-6-10)17(9-14(16)19)24(22,23)13-4-2-1-3-12(13)18(20)21/h1-8H,9H2. The largest absolute Gasteiger partial charge is 0.289 e. The number of anilines is 1. The van der Waals surface area contributed by atoms with Crippen LogP contribution in [0.3, 0.4) is 0 Å². The molecular formula is C14H10Cl2N2O5S. The van der Waals surface area contributed by atoms with Crippen molar-refractivity contribution >= 4 is 49.8 Å². The minimum atomic E-state index is -4.39. The molecule has 0 aromatic heterocycles. The average Bonchev–Trinajstić information content (AvgIpc) is 2.53. The number of nitro benzene ring substituents is 1. The number of halogens is 2. The van der Waals surface area contributed by atoms with Crippen LogP contribution in [0.1, 0.15) is 0 Å². The number of sulfonamides is 1. The highest BCUT2D eigenvalue weighted by molar-refractivity contribution is 7.93. The van der Waals surface area contributed by atoms with Crippen molar-refractivity contribution in [2.24, 2.45) is 0 Å². The summed E-state index contributed by atoms with van der Waals surface area (Å²) in [5.74, 6) is 0. The van der Waals surface area contributed by atoms with Gasteiger partial charge < -0.3 is 0 Å². The Bertz CT molecular complexity index is 884. The maximum absolute atomic E-state index is 12.9. The highest BCUT2D eigenvalue weighted by Gasteiger charge is 2.32. The van der Waals surface area contributed by atoms with Crippen LogP contribution in [0.15, 0.2) is 53.4 Å². The van der Waals surface area contributed by atoms with Gasteiger partial charge in [-0.15, -0.1) is 0 Å². The maximum atomic E-state index is 12.9. The van der Waals surface area contributed by atoms with Crippen molar-refractivity contribution in [2.75, 3.05) is 10.8 Å². The van der Waals surface area contributed by atoms with Crippen LogP contribution in [0.5, 0.6) is 0 Å². The van der Waals surface area contributed by atoms with E-state index in [4.69, 9.17) is 23.2 Å². The smallest absolute Gasteiger partial charge is 0.279 e. The number of hydrogen-bond acceptors (Lipinski definition) is 5. The summed E-state index contributed by atoms with van der Waals surface area (Å²) in [7, 11) is -4.39. The molecule has 0 aliphatic carbocycles. The first kappa shape index (κ1) is 18.2. The summed E-state index contributed by atoms with van der Waals surface area (Å²) >= 11 is 11.1. The highest BCUT2D eigenvalue weighted by atomic mass is 35.5. The second-order valence-corrected chi connectivity index (χ2v) is 7.26. The molecule has 0 aliphatic rings. The molecular weight excluding hydrogens is 379 g/mol. The third kappa shape index (κ3) is 3.84. The molecule has 0 amide bonds. The van der Waals surface area contributed by atoms with Crippen molar-refractivity contribution in [3.63, 3.8) is 0 Å². The third-order valence-corrected chi connectivity index (χ3v) is 5.21.